The fourth-order valence-corrected chi connectivity index (χ4v) is 5.74. The second kappa shape index (κ2) is 8.75. The number of thioether (sulfide) groups is 1. The number of aromatic nitrogens is 1. The van der Waals surface area contributed by atoms with Crippen molar-refractivity contribution in [1.29, 1.82) is 0 Å². The summed E-state index contributed by atoms with van der Waals surface area (Å²) in [6.45, 7) is 1.57. The van der Waals surface area contributed by atoms with Gasteiger partial charge in [0, 0.05) is 30.7 Å². The Morgan fingerprint density at radius 3 is 2.81 bits per heavy atom. The number of para-hydroxylation sites is 1. The molecule has 0 radical (unpaired) electrons. The molecule has 1 aromatic carbocycles. The summed E-state index contributed by atoms with van der Waals surface area (Å²) in [5.41, 5.74) is 1.58. The van der Waals surface area contributed by atoms with Crippen LogP contribution < -0.4 is 10.2 Å². The van der Waals surface area contributed by atoms with Gasteiger partial charge in [-0.2, -0.15) is 0 Å². The van der Waals surface area contributed by atoms with E-state index in [2.05, 4.69) is 15.0 Å². The summed E-state index contributed by atoms with van der Waals surface area (Å²) in [6.07, 6.45) is 2.03. The Morgan fingerprint density at radius 1 is 1.23 bits per heavy atom. The molecule has 0 aliphatic carbocycles. The number of fused-ring (bicyclic) bond motifs is 2. The number of esters is 1. The van der Waals surface area contributed by atoms with Crippen molar-refractivity contribution in [2.45, 2.75) is 16.0 Å². The molecule has 1 saturated heterocycles. The van der Waals surface area contributed by atoms with Gasteiger partial charge in [-0.3, -0.25) is 15.0 Å². The van der Waals surface area contributed by atoms with Crippen LogP contribution >= 0.6 is 23.1 Å². The molecule has 1 N–H and O–H groups in total. The fraction of sp³-hybridized carbons (Fsp3) is 0.400. The molecule has 1 fully saturated rings. The molecule has 4 rings (SSSR count). The smallest absolute Gasteiger partial charge is 0.409 e. The molecule has 9 nitrogen and oxygen atoms in total. The monoisotopic (exact) mass is 462 g/mol. The first-order valence-corrected chi connectivity index (χ1v) is 11.4. The first-order valence-electron chi connectivity index (χ1n) is 9.62. The van der Waals surface area contributed by atoms with Gasteiger partial charge in [-0.25, -0.2) is 14.6 Å². The first-order chi connectivity index (χ1) is 15.0. The van der Waals surface area contributed by atoms with Crippen molar-refractivity contribution >= 4 is 52.0 Å². The zero-order valence-corrected chi connectivity index (χ0v) is 18.8. The van der Waals surface area contributed by atoms with E-state index in [0.717, 1.165) is 21.9 Å². The number of nitrogens with one attached hydrogen (secondary N) is 1. The quantitative estimate of drug-likeness (QED) is 0.550. The van der Waals surface area contributed by atoms with Crippen molar-refractivity contribution in [1.82, 2.24) is 9.88 Å². The van der Waals surface area contributed by atoms with Crippen LogP contribution in [0, 0.1) is 0 Å². The number of anilines is 2. The highest BCUT2D eigenvalue weighted by molar-refractivity contribution is 8.01. The molecule has 31 heavy (non-hydrogen) atoms. The third-order valence-corrected chi connectivity index (χ3v) is 7.60. The summed E-state index contributed by atoms with van der Waals surface area (Å²) in [5.74, 6) is -0.134. The van der Waals surface area contributed by atoms with Gasteiger partial charge in [-0.15, -0.1) is 11.8 Å². The molecule has 2 aromatic rings. The zero-order valence-electron chi connectivity index (χ0n) is 17.1. The summed E-state index contributed by atoms with van der Waals surface area (Å²) in [4.78, 5) is 44.1. The topological polar surface area (TPSA) is 101 Å². The number of amides is 3. The lowest BCUT2D eigenvalue weighted by atomic mass is 9.82. The number of rotatable bonds is 4. The number of nitrogens with zero attached hydrogens (tertiary/aromatic N) is 3. The maximum Gasteiger partial charge on any atom is 0.409 e. The average Bonchev–Trinajstić information content (AvgIpc) is 3.50. The number of ether oxygens (including phenoxy) is 2. The normalized spacial score (nSPS) is 19.4. The van der Waals surface area contributed by atoms with Gasteiger partial charge in [-0.05, 0) is 18.1 Å². The minimum absolute atomic E-state index is 0.185. The maximum atomic E-state index is 13.1. The van der Waals surface area contributed by atoms with Crippen molar-refractivity contribution in [3.8, 4) is 0 Å². The molecule has 0 saturated carbocycles. The van der Waals surface area contributed by atoms with Crippen LogP contribution in [0.2, 0.25) is 0 Å². The molecule has 0 bridgehead atoms. The van der Waals surface area contributed by atoms with Crippen LogP contribution in [0.15, 0.2) is 34.7 Å². The lowest BCUT2D eigenvalue weighted by molar-refractivity contribution is -0.137. The first kappa shape index (κ1) is 21.4. The Morgan fingerprint density at radius 2 is 2.03 bits per heavy atom. The molecule has 1 atom stereocenters. The van der Waals surface area contributed by atoms with E-state index < -0.39 is 0 Å². The summed E-state index contributed by atoms with van der Waals surface area (Å²) < 4.78 is 10.3. The van der Waals surface area contributed by atoms with Crippen LogP contribution in [0.3, 0.4) is 0 Å². The summed E-state index contributed by atoms with van der Waals surface area (Å²) in [6, 6.07) is 7.52. The van der Waals surface area contributed by atoms with Gasteiger partial charge in [0.05, 0.1) is 30.4 Å². The average molecular weight is 463 g/mol. The van der Waals surface area contributed by atoms with E-state index in [1.807, 2.05) is 24.3 Å². The number of likely N-dealkylation sites (tertiary alicyclic amines) is 1. The standard InChI is InChI=1S/C20H22N4O5S2/c1-28-15(25)10-30-16-9-21-17(31-16)22-18(26)24-12-20(13-5-3-4-6-14(13)24)7-8-23(11-20)19(27)29-2/h3-6,9H,7-8,10-12H2,1-2H3,(H,21,22,26). The van der Waals surface area contributed by atoms with Crippen LogP contribution in [-0.2, 0) is 19.7 Å². The molecule has 1 aromatic heterocycles. The molecule has 3 amide bonds. The van der Waals surface area contributed by atoms with E-state index >= 15 is 0 Å². The second-order valence-electron chi connectivity index (χ2n) is 7.30. The largest absolute Gasteiger partial charge is 0.468 e. The van der Waals surface area contributed by atoms with E-state index in [0.29, 0.717) is 24.8 Å². The van der Waals surface area contributed by atoms with Crippen molar-refractivity contribution in [2.75, 3.05) is 49.8 Å². The third kappa shape index (κ3) is 4.19. The maximum absolute atomic E-state index is 13.1. The molecule has 1 spiro atoms. The number of hydrogen-bond acceptors (Lipinski definition) is 8. The van der Waals surface area contributed by atoms with Crippen LogP contribution in [0.1, 0.15) is 12.0 Å². The molecule has 1 unspecified atom stereocenters. The number of urea groups is 1. The van der Waals surface area contributed by atoms with Gasteiger partial charge < -0.3 is 14.4 Å². The highest BCUT2D eigenvalue weighted by Crippen LogP contribution is 2.46. The van der Waals surface area contributed by atoms with Crippen LogP contribution in [-0.4, -0.2) is 67.6 Å². The molecule has 2 aliphatic rings. The predicted molar refractivity (Wildman–Crippen MR) is 118 cm³/mol. The molecule has 11 heteroatoms. The zero-order chi connectivity index (χ0) is 22.0. The minimum atomic E-state index is -0.350. The third-order valence-electron chi connectivity index (χ3n) is 5.52. The van der Waals surface area contributed by atoms with Crippen LogP contribution in [0.4, 0.5) is 20.4 Å². The fourth-order valence-electron chi connectivity index (χ4n) is 4.05. The highest BCUT2D eigenvalue weighted by Gasteiger charge is 2.50. The van der Waals surface area contributed by atoms with Crippen LogP contribution in [0.25, 0.3) is 0 Å². The summed E-state index contributed by atoms with van der Waals surface area (Å²) >= 11 is 2.61. The van der Waals surface area contributed by atoms with Gasteiger partial charge in [0.15, 0.2) is 5.13 Å². The van der Waals surface area contributed by atoms with E-state index in [1.165, 1.54) is 37.3 Å². The molecule has 2 aliphatic heterocycles. The molecular formula is C20H22N4O5S2. The number of carbonyl (C=O) groups is 3. The summed E-state index contributed by atoms with van der Waals surface area (Å²) in [7, 11) is 2.72. The number of benzene rings is 1. The summed E-state index contributed by atoms with van der Waals surface area (Å²) in [5, 5.41) is 3.31. The Hall–Kier alpha value is -2.79. The van der Waals surface area contributed by atoms with Crippen molar-refractivity contribution < 1.29 is 23.9 Å². The lowest BCUT2D eigenvalue weighted by Gasteiger charge is -2.25. The van der Waals surface area contributed by atoms with E-state index in [-0.39, 0.29) is 29.3 Å². The van der Waals surface area contributed by atoms with E-state index in [9.17, 15) is 14.4 Å². The van der Waals surface area contributed by atoms with Crippen molar-refractivity contribution in [3.63, 3.8) is 0 Å². The second-order valence-corrected chi connectivity index (χ2v) is 9.61. The minimum Gasteiger partial charge on any atom is -0.468 e. The molecule has 164 valence electrons. The van der Waals surface area contributed by atoms with E-state index in [4.69, 9.17) is 4.74 Å². The number of carbonyl (C=O) groups excluding carboxylic acids is 3. The Kier molecular flexibility index (Phi) is 6.05. The van der Waals surface area contributed by atoms with Gasteiger partial charge in [0.25, 0.3) is 0 Å². The molecular weight excluding hydrogens is 440 g/mol. The van der Waals surface area contributed by atoms with Gasteiger partial charge >= 0.3 is 18.1 Å². The van der Waals surface area contributed by atoms with Gasteiger partial charge in [-0.1, -0.05) is 29.5 Å². The Balaban J connectivity index is 1.48. The lowest BCUT2D eigenvalue weighted by Crippen LogP contribution is -2.41. The predicted octanol–water partition coefficient (Wildman–Crippen LogP) is 3.17. The number of hydrogen-bond donors (Lipinski definition) is 1. The van der Waals surface area contributed by atoms with Gasteiger partial charge in [0.2, 0.25) is 0 Å². The molecule has 3 heterocycles. The van der Waals surface area contributed by atoms with Gasteiger partial charge in [0.1, 0.15) is 0 Å². The van der Waals surface area contributed by atoms with Crippen LogP contribution in [0.5, 0.6) is 0 Å². The van der Waals surface area contributed by atoms with E-state index in [1.54, 1.807) is 16.0 Å². The highest BCUT2D eigenvalue weighted by atomic mass is 32.2. The van der Waals surface area contributed by atoms with Crippen molar-refractivity contribution in [3.05, 3.63) is 36.0 Å². The van der Waals surface area contributed by atoms with Crippen molar-refractivity contribution in [2.24, 2.45) is 0 Å². The number of methoxy groups -OCH3 is 2. The Labute approximate surface area is 187 Å². The SMILES string of the molecule is COC(=O)CSc1cnc(NC(=O)N2CC3(CCN(C(=O)OC)C3)c3ccccc32)s1. The number of thiazole rings is 1. The Bertz CT molecular complexity index is 1010.